The van der Waals surface area contributed by atoms with Crippen molar-refractivity contribution >= 4 is 17.6 Å². The second kappa shape index (κ2) is 6.55. The summed E-state index contributed by atoms with van der Waals surface area (Å²) in [7, 11) is 1.74. The fourth-order valence-corrected chi connectivity index (χ4v) is 2.77. The van der Waals surface area contributed by atoms with Crippen LogP contribution in [0.2, 0.25) is 0 Å². The third-order valence-corrected chi connectivity index (χ3v) is 4.12. The van der Waals surface area contributed by atoms with Gasteiger partial charge in [0.2, 0.25) is 5.91 Å². The molecule has 0 unspecified atom stereocenters. The minimum atomic E-state index is -0.952. The van der Waals surface area contributed by atoms with Gasteiger partial charge >= 0.3 is 5.97 Å². The first-order chi connectivity index (χ1) is 9.58. The molecule has 0 aliphatic heterocycles. The number of carbonyl (C=O) groups is 2. The molecule has 0 radical (unpaired) electrons. The Kier molecular flexibility index (Phi) is 4.77. The Balaban J connectivity index is 1.90. The van der Waals surface area contributed by atoms with E-state index in [1.165, 1.54) is 37.8 Å². The van der Waals surface area contributed by atoms with Crippen LogP contribution in [-0.4, -0.2) is 24.0 Å². The molecule has 0 heterocycles. The summed E-state index contributed by atoms with van der Waals surface area (Å²) in [5.74, 6) is -0.145. The maximum absolute atomic E-state index is 12.1. The fraction of sp³-hybridized carbons (Fsp3) is 0.500. The normalized spacial score (nSPS) is 15.2. The number of anilines is 1. The molecule has 0 aromatic heterocycles. The highest BCUT2D eigenvalue weighted by Gasteiger charge is 2.18. The van der Waals surface area contributed by atoms with Crippen LogP contribution in [0.25, 0.3) is 0 Å². The molecule has 1 aliphatic rings. The highest BCUT2D eigenvalue weighted by molar-refractivity contribution is 5.94. The maximum Gasteiger partial charge on any atom is 0.335 e. The molecular weight excluding hydrogens is 254 g/mol. The van der Waals surface area contributed by atoms with Crippen LogP contribution in [0.15, 0.2) is 24.3 Å². The molecule has 1 aliphatic carbocycles. The topological polar surface area (TPSA) is 57.6 Å². The predicted molar refractivity (Wildman–Crippen MR) is 78.0 cm³/mol. The predicted octanol–water partition coefficient (Wildman–Crippen LogP) is 3.32. The average Bonchev–Trinajstić information content (AvgIpc) is 2.97. The molecule has 0 spiro atoms. The second-order valence-electron chi connectivity index (χ2n) is 5.49. The van der Waals surface area contributed by atoms with E-state index in [1.54, 1.807) is 24.1 Å². The molecule has 4 nitrogen and oxygen atoms in total. The van der Waals surface area contributed by atoms with Gasteiger partial charge in [0.15, 0.2) is 0 Å². The third kappa shape index (κ3) is 3.59. The van der Waals surface area contributed by atoms with Crippen LogP contribution < -0.4 is 4.90 Å². The molecule has 1 aromatic rings. The third-order valence-electron chi connectivity index (χ3n) is 4.12. The minimum absolute atomic E-state index is 0.0972. The molecular formula is C16H21NO3. The van der Waals surface area contributed by atoms with Gasteiger partial charge in [-0.15, -0.1) is 0 Å². The quantitative estimate of drug-likeness (QED) is 0.896. The van der Waals surface area contributed by atoms with Crippen molar-refractivity contribution < 1.29 is 14.7 Å². The van der Waals surface area contributed by atoms with E-state index in [0.29, 0.717) is 12.3 Å². The first kappa shape index (κ1) is 14.6. The minimum Gasteiger partial charge on any atom is -0.478 e. The van der Waals surface area contributed by atoms with Gasteiger partial charge in [-0.3, -0.25) is 4.79 Å². The molecule has 0 bridgehead atoms. The number of carbonyl (C=O) groups excluding carboxylic acids is 1. The van der Waals surface area contributed by atoms with Gasteiger partial charge in [0, 0.05) is 19.2 Å². The first-order valence-corrected chi connectivity index (χ1v) is 7.18. The van der Waals surface area contributed by atoms with E-state index >= 15 is 0 Å². The average molecular weight is 275 g/mol. The van der Waals surface area contributed by atoms with Crippen molar-refractivity contribution in [2.45, 2.75) is 38.5 Å². The van der Waals surface area contributed by atoms with E-state index in [0.717, 1.165) is 12.1 Å². The lowest BCUT2D eigenvalue weighted by atomic mass is 10.0. The number of aromatic carboxylic acids is 1. The molecule has 1 saturated carbocycles. The summed E-state index contributed by atoms with van der Waals surface area (Å²) in [4.78, 5) is 24.5. The van der Waals surface area contributed by atoms with Crippen molar-refractivity contribution in [1.82, 2.24) is 0 Å². The van der Waals surface area contributed by atoms with Gasteiger partial charge in [-0.2, -0.15) is 0 Å². The Morgan fingerprint density at radius 2 is 1.80 bits per heavy atom. The number of hydrogen-bond donors (Lipinski definition) is 1. The molecule has 108 valence electrons. The molecule has 1 amide bonds. The molecule has 2 rings (SSSR count). The maximum atomic E-state index is 12.1. The van der Waals surface area contributed by atoms with E-state index in [4.69, 9.17) is 5.11 Å². The molecule has 1 fully saturated rings. The Hall–Kier alpha value is -1.84. The van der Waals surface area contributed by atoms with E-state index < -0.39 is 5.97 Å². The summed E-state index contributed by atoms with van der Waals surface area (Å²) in [6.07, 6.45) is 6.64. The smallest absolute Gasteiger partial charge is 0.335 e. The summed E-state index contributed by atoms with van der Waals surface area (Å²) < 4.78 is 0. The molecule has 0 atom stereocenters. The molecule has 20 heavy (non-hydrogen) atoms. The van der Waals surface area contributed by atoms with Gasteiger partial charge in [0.25, 0.3) is 0 Å². The van der Waals surface area contributed by atoms with Crippen molar-refractivity contribution in [3.63, 3.8) is 0 Å². The molecule has 1 N–H and O–H groups in total. The number of nitrogens with zero attached hydrogens (tertiary/aromatic N) is 1. The van der Waals surface area contributed by atoms with E-state index in [2.05, 4.69) is 0 Å². The van der Waals surface area contributed by atoms with Gasteiger partial charge in [0.1, 0.15) is 0 Å². The van der Waals surface area contributed by atoms with Crippen molar-refractivity contribution in [3.8, 4) is 0 Å². The standard InChI is InChI=1S/C16H21NO3/c1-17(14-9-7-13(8-10-14)16(19)20)15(18)11-6-12-4-2-3-5-12/h7-10,12H,2-6,11H2,1H3,(H,19,20). The van der Waals surface area contributed by atoms with Crippen LogP contribution in [-0.2, 0) is 4.79 Å². The highest BCUT2D eigenvalue weighted by atomic mass is 16.4. The number of amides is 1. The summed E-state index contributed by atoms with van der Waals surface area (Å²) in [5.41, 5.74) is 0.979. The zero-order chi connectivity index (χ0) is 14.5. The van der Waals surface area contributed by atoms with Crippen LogP contribution >= 0.6 is 0 Å². The lowest BCUT2D eigenvalue weighted by Crippen LogP contribution is -2.26. The molecule has 1 aromatic carbocycles. The van der Waals surface area contributed by atoms with E-state index in [1.807, 2.05) is 0 Å². The Morgan fingerprint density at radius 1 is 1.20 bits per heavy atom. The zero-order valence-electron chi connectivity index (χ0n) is 11.8. The van der Waals surface area contributed by atoms with Gasteiger partial charge in [-0.25, -0.2) is 4.79 Å². The summed E-state index contributed by atoms with van der Waals surface area (Å²) >= 11 is 0. The summed E-state index contributed by atoms with van der Waals surface area (Å²) in [6, 6.07) is 6.41. The van der Waals surface area contributed by atoms with E-state index in [9.17, 15) is 9.59 Å². The van der Waals surface area contributed by atoms with Gasteiger partial charge in [-0.05, 0) is 36.6 Å². The molecule has 0 saturated heterocycles. The van der Waals surface area contributed by atoms with Crippen molar-refractivity contribution in [1.29, 1.82) is 0 Å². The van der Waals surface area contributed by atoms with Crippen LogP contribution in [0.4, 0.5) is 5.69 Å². The lowest BCUT2D eigenvalue weighted by Gasteiger charge is -2.18. The zero-order valence-corrected chi connectivity index (χ0v) is 11.8. The Bertz CT molecular complexity index is 475. The van der Waals surface area contributed by atoms with Crippen LogP contribution in [0.3, 0.4) is 0 Å². The number of rotatable bonds is 5. The fourth-order valence-electron chi connectivity index (χ4n) is 2.77. The lowest BCUT2D eigenvalue weighted by molar-refractivity contribution is -0.118. The number of hydrogen-bond acceptors (Lipinski definition) is 2. The summed E-state index contributed by atoms with van der Waals surface area (Å²) in [5, 5.41) is 8.85. The molecule has 4 heteroatoms. The largest absolute Gasteiger partial charge is 0.478 e. The Labute approximate surface area is 119 Å². The monoisotopic (exact) mass is 275 g/mol. The summed E-state index contributed by atoms with van der Waals surface area (Å²) in [6.45, 7) is 0. The van der Waals surface area contributed by atoms with Gasteiger partial charge in [-0.1, -0.05) is 25.7 Å². The first-order valence-electron chi connectivity index (χ1n) is 7.18. The Morgan fingerprint density at radius 3 is 2.35 bits per heavy atom. The SMILES string of the molecule is CN(C(=O)CCC1CCCC1)c1ccc(C(=O)O)cc1. The number of carboxylic acids is 1. The van der Waals surface area contributed by atoms with Crippen molar-refractivity contribution in [3.05, 3.63) is 29.8 Å². The van der Waals surface area contributed by atoms with E-state index in [-0.39, 0.29) is 11.5 Å². The van der Waals surface area contributed by atoms with Crippen LogP contribution in [0.5, 0.6) is 0 Å². The van der Waals surface area contributed by atoms with Crippen molar-refractivity contribution in [2.24, 2.45) is 5.92 Å². The number of carboxylic acid groups (broad SMARTS) is 1. The second-order valence-corrected chi connectivity index (χ2v) is 5.49. The van der Waals surface area contributed by atoms with Crippen molar-refractivity contribution in [2.75, 3.05) is 11.9 Å². The van der Waals surface area contributed by atoms with Crippen LogP contribution in [0.1, 0.15) is 48.9 Å². The number of benzene rings is 1. The van der Waals surface area contributed by atoms with Crippen LogP contribution in [0, 0.1) is 5.92 Å². The van der Waals surface area contributed by atoms with Gasteiger partial charge < -0.3 is 10.0 Å². The highest BCUT2D eigenvalue weighted by Crippen LogP contribution is 2.29. The van der Waals surface area contributed by atoms with Gasteiger partial charge in [0.05, 0.1) is 5.56 Å².